The molecule has 0 saturated carbocycles. The van der Waals surface area contributed by atoms with Crippen molar-refractivity contribution in [3.05, 3.63) is 57.5 Å². The van der Waals surface area contributed by atoms with Crippen LogP contribution in [0.5, 0.6) is 0 Å². The lowest BCUT2D eigenvalue weighted by Gasteiger charge is -2.33. The van der Waals surface area contributed by atoms with Crippen LogP contribution in [0, 0.1) is 6.92 Å². The van der Waals surface area contributed by atoms with Crippen LogP contribution in [-0.4, -0.2) is 43.7 Å². The van der Waals surface area contributed by atoms with Gasteiger partial charge in [0, 0.05) is 19.6 Å². The van der Waals surface area contributed by atoms with E-state index >= 15 is 0 Å². The quantitative estimate of drug-likeness (QED) is 0.856. The monoisotopic (exact) mass is 382 g/mol. The van der Waals surface area contributed by atoms with Crippen molar-refractivity contribution in [2.45, 2.75) is 13.0 Å². The van der Waals surface area contributed by atoms with Gasteiger partial charge in [-0.1, -0.05) is 29.3 Å². The van der Waals surface area contributed by atoms with Crippen molar-refractivity contribution in [3.8, 4) is 0 Å². The minimum atomic E-state index is -0.256. The van der Waals surface area contributed by atoms with E-state index in [0.29, 0.717) is 30.3 Å². The first-order valence-electron chi connectivity index (χ1n) is 8.16. The number of carbonyl (C=O) groups excluding carboxylic acids is 1. The van der Waals surface area contributed by atoms with Gasteiger partial charge in [-0.25, -0.2) is 0 Å². The normalized spacial score (nSPS) is 16.6. The van der Waals surface area contributed by atoms with Crippen LogP contribution in [0.1, 0.15) is 27.9 Å². The van der Waals surface area contributed by atoms with Gasteiger partial charge in [0.15, 0.2) is 0 Å². The van der Waals surface area contributed by atoms with Gasteiger partial charge in [-0.3, -0.25) is 9.69 Å². The molecular formula is C18H20Cl2N2O3. The molecule has 1 atom stereocenters. The van der Waals surface area contributed by atoms with Gasteiger partial charge in [0.1, 0.15) is 11.5 Å². The lowest BCUT2D eigenvalue weighted by Crippen LogP contribution is -2.43. The molecule has 1 aromatic heterocycles. The molecular weight excluding hydrogens is 363 g/mol. The fourth-order valence-corrected chi connectivity index (χ4v) is 3.28. The molecule has 2 heterocycles. The number of nitrogens with one attached hydrogen (secondary N) is 1. The summed E-state index contributed by atoms with van der Waals surface area (Å²) in [4.78, 5) is 14.8. The van der Waals surface area contributed by atoms with Crippen LogP contribution in [-0.2, 0) is 4.74 Å². The highest BCUT2D eigenvalue weighted by Crippen LogP contribution is 2.26. The van der Waals surface area contributed by atoms with Crippen molar-refractivity contribution in [3.63, 3.8) is 0 Å². The van der Waals surface area contributed by atoms with Gasteiger partial charge in [-0.05, 0) is 31.2 Å². The molecule has 1 aliphatic rings. The molecule has 2 aromatic rings. The van der Waals surface area contributed by atoms with E-state index in [1.165, 1.54) is 0 Å². The van der Waals surface area contributed by atoms with E-state index in [4.69, 9.17) is 32.4 Å². The van der Waals surface area contributed by atoms with Crippen molar-refractivity contribution >= 4 is 29.1 Å². The number of hydrogen-bond donors (Lipinski definition) is 1. The number of nitrogens with zero attached hydrogens (tertiary/aromatic N) is 1. The maximum absolute atomic E-state index is 12.5. The van der Waals surface area contributed by atoms with Crippen molar-refractivity contribution in [2.75, 3.05) is 32.8 Å². The number of benzene rings is 1. The second kappa shape index (κ2) is 8.23. The zero-order chi connectivity index (χ0) is 17.8. The molecule has 3 rings (SSSR count). The fourth-order valence-electron chi connectivity index (χ4n) is 2.90. The first kappa shape index (κ1) is 18.3. The SMILES string of the molecule is Cc1ccc(C(CNC(=O)c2cccc(Cl)c2Cl)N2CCOCC2)o1. The molecule has 7 heteroatoms. The highest BCUT2D eigenvalue weighted by molar-refractivity contribution is 6.43. The number of morpholine rings is 1. The number of hydrogen-bond acceptors (Lipinski definition) is 4. The highest BCUT2D eigenvalue weighted by atomic mass is 35.5. The number of aryl methyl sites for hydroxylation is 1. The van der Waals surface area contributed by atoms with E-state index in [-0.39, 0.29) is 17.0 Å². The summed E-state index contributed by atoms with van der Waals surface area (Å²) in [5.74, 6) is 1.42. The molecule has 5 nitrogen and oxygen atoms in total. The maximum atomic E-state index is 12.5. The molecule has 1 aliphatic heterocycles. The molecule has 25 heavy (non-hydrogen) atoms. The number of carbonyl (C=O) groups is 1. The first-order chi connectivity index (χ1) is 12.1. The summed E-state index contributed by atoms with van der Waals surface area (Å²) in [6.07, 6.45) is 0. The smallest absolute Gasteiger partial charge is 0.252 e. The van der Waals surface area contributed by atoms with Crippen LogP contribution in [0.3, 0.4) is 0 Å². The second-order valence-corrected chi connectivity index (χ2v) is 6.71. The predicted octanol–water partition coefficient (Wildman–Crippen LogP) is 3.70. The highest BCUT2D eigenvalue weighted by Gasteiger charge is 2.26. The predicted molar refractivity (Wildman–Crippen MR) is 97.4 cm³/mol. The van der Waals surface area contributed by atoms with Crippen LogP contribution in [0.25, 0.3) is 0 Å². The summed E-state index contributed by atoms with van der Waals surface area (Å²) in [5.41, 5.74) is 0.366. The van der Waals surface area contributed by atoms with Crippen LogP contribution in [0.2, 0.25) is 10.0 Å². The standard InChI is InChI=1S/C18H20Cl2N2O3/c1-12-5-6-16(25-12)15(22-7-9-24-10-8-22)11-21-18(23)13-3-2-4-14(19)17(13)20/h2-6,15H,7-11H2,1H3,(H,21,23). The van der Waals surface area contributed by atoms with E-state index < -0.39 is 0 Å². The molecule has 1 fully saturated rings. The Kier molecular flexibility index (Phi) is 6.02. The van der Waals surface area contributed by atoms with E-state index in [1.807, 2.05) is 19.1 Å². The van der Waals surface area contributed by atoms with Gasteiger partial charge in [0.05, 0.1) is 34.9 Å². The van der Waals surface area contributed by atoms with Crippen LogP contribution in [0.4, 0.5) is 0 Å². The van der Waals surface area contributed by atoms with Crippen molar-refractivity contribution in [2.24, 2.45) is 0 Å². The summed E-state index contributed by atoms with van der Waals surface area (Å²) in [7, 11) is 0. The Hall–Kier alpha value is -1.53. The Bertz CT molecular complexity index is 742. The van der Waals surface area contributed by atoms with Crippen molar-refractivity contribution in [1.82, 2.24) is 10.2 Å². The van der Waals surface area contributed by atoms with Crippen LogP contribution in [0.15, 0.2) is 34.7 Å². The lowest BCUT2D eigenvalue weighted by atomic mass is 10.1. The molecule has 1 unspecified atom stereocenters. The Morgan fingerprint density at radius 2 is 2.00 bits per heavy atom. The maximum Gasteiger partial charge on any atom is 0.252 e. The summed E-state index contributed by atoms with van der Waals surface area (Å²) >= 11 is 12.1. The minimum Gasteiger partial charge on any atom is -0.465 e. The van der Waals surface area contributed by atoms with Gasteiger partial charge in [0.25, 0.3) is 5.91 Å². The van der Waals surface area contributed by atoms with E-state index in [2.05, 4.69) is 10.2 Å². The third-order valence-electron chi connectivity index (χ3n) is 4.23. The number of amides is 1. The Balaban J connectivity index is 1.74. The van der Waals surface area contributed by atoms with Gasteiger partial charge >= 0.3 is 0 Å². The van der Waals surface area contributed by atoms with E-state index in [1.54, 1.807) is 18.2 Å². The summed E-state index contributed by atoms with van der Waals surface area (Å²) in [6.45, 7) is 5.24. The average Bonchev–Trinajstić information content (AvgIpc) is 3.04. The molecule has 134 valence electrons. The summed E-state index contributed by atoms with van der Waals surface area (Å²) < 4.78 is 11.2. The third kappa shape index (κ3) is 4.36. The fraction of sp³-hybridized carbons (Fsp3) is 0.389. The first-order valence-corrected chi connectivity index (χ1v) is 8.92. The molecule has 0 bridgehead atoms. The van der Waals surface area contributed by atoms with Crippen molar-refractivity contribution < 1.29 is 13.9 Å². The summed E-state index contributed by atoms with van der Waals surface area (Å²) in [6, 6.07) is 8.84. The van der Waals surface area contributed by atoms with Gasteiger partial charge in [-0.15, -0.1) is 0 Å². The van der Waals surface area contributed by atoms with Gasteiger partial charge in [0.2, 0.25) is 0 Å². The number of rotatable bonds is 5. The Morgan fingerprint density at radius 1 is 1.24 bits per heavy atom. The van der Waals surface area contributed by atoms with Gasteiger partial charge < -0.3 is 14.5 Å². The number of halogens is 2. The van der Waals surface area contributed by atoms with E-state index in [9.17, 15) is 4.79 Å². The average molecular weight is 383 g/mol. The second-order valence-electron chi connectivity index (χ2n) is 5.92. The molecule has 0 aliphatic carbocycles. The number of furan rings is 1. The molecule has 1 amide bonds. The summed E-state index contributed by atoms with van der Waals surface area (Å²) in [5, 5.41) is 3.57. The zero-order valence-corrected chi connectivity index (χ0v) is 15.4. The van der Waals surface area contributed by atoms with Crippen LogP contribution >= 0.6 is 23.2 Å². The molecule has 1 aromatic carbocycles. The largest absolute Gasteiger partial charge is 0.465 e. The molecule has 1 saturated heterocycles. The third-order valence-corrected chi connectivity index (χ3v) is 5.05. The molecule has 1 N–H and O–H groups in total. The topological polar surface area (TPSA) is 54.7 Å². The van der Waals surface area contributed by atoms with Crippen molar-refractivity contribution in [1.29, 1.82) is 0 Å². The molecule has 0 radical (unpaired) electrons. The van der Waals surface area contributed by atoms with Gasteiger partial charge in [-0.2, -0.15) is 0 Å². The minimum absolute atomic E-state index is 0.0560. The molecule has 0 spiro atoms. The Labute approximate surface area is 156 Å². The van der Waals surface area contributed by atoms with E-state index in [0.717, 1.165) is 24.6 Å². The number of ether oxygens (including phenoxy) is 1. The lowest BCUT2D eigenvalue weighted by molar-refractivity contribution is 0.0117. The Morgan fingerprint density at radius 3 is 2.68 bits per heavy atom. The zero-order valence-electron chi connectivity index (χ0n) is 13.9. The van der Waals surface area contributed by atoms with Crippen LogP contribution < -0.4 is 5.32 Å².